The van der Waals surface area contributed by atoms with E-state index in [2.05, 4.69) is 0 Å². The number of rotatable bonds is 5. The van der Waals surface area contributed by atoms with Gasteiger partial charge in [0.1, 0.15) is 11.5 Å². The molecule has 2 aromatic rings. The van der Waals surface area contributed by atoms with E-state index < -0.39 is 5.91 Å². The third-order valence-corrected chi connectivity index (χ3v) is 5.73. The molecule has 2 aliphatic heterocycles. The molecule has 0 radical (unpaired) electrons. The molecule has 9 heteroatoms. The number of carbonyl (C=O) groups is 2. The highest BCUT2D eigenvalue weighted by Crippen LogP contribution is 2.40. The number of halogens is 1. The van der Waals surface area contributed by atoms with E-state index in [0.717, 1.165) is 16.7 Å². The molecule has 150 valence electrons. The maximum absolute atomic E-state index is 12.9. The van der Waals surface area contributed by atoms with Crippen molar-refractivity contribution in [2.75, 3.05) is 21.0 Å². The number of hydrogen-bond acceptors (Lipinski definition) is 7. The van der Waals surface area contributed by atoms with Crippen LogP contribution in [0.2, 0.25) is 5.02 Å². The Morgan fingerprint density at radius 3 is 2.62 bits per heavy atom. The fourth-order valence-corrected chi connectivity index (χ4v) is 4.02. The summed E-state index contributed by atoms with van der Waals surface area (Å²) in [5.41, 5.74) is 1.23. The predicted octanol–water partition coefficient (Wildman–Crippen LogP) is 4.32. The van der Waals surface area contributed by atoms with Crippen molar-refractivity contribution in [3.05, 3.63) is 51.4 Å². The van der Waals surface area contributed by atoms with Gasteiger partial charge >= 0.3 is 0 Å². The van der Waals surface area contributed by atoms with Crippen LogP contribution < -0.4 is 18.9 Å². The van der Waals surface area contributed by atoms with Crippen LogP contribution in [0.25, 0.3) is 6.08 Å². The largest absolute Gasteiger partial charge is 0.497 e. The Balaban J connectivity index is 1.61. The molecule has 0 N–H and O–H groups in total. The van der Waals surface area contributed by atoms with Crippen molar-refractivity contribution in [2.24, 2.45) is 0 Å². The molecule has 0 unspecified atom stereocenters. The van der Waals surface area contributed by atoms with Crippen LogP contribution in [0.4, 0.5) is 4.79 Å². The van der Waals surface area contributed by atoms with Crippen molar-refractivity contribution in [1.82, 2.24) is 4.90 Å². The number of carbonyl (C=O) groups excluding carboxylic acids is 2. The van der Waals surface area contributed by atoms with Crippen molar-refractivity contribution < 1.29 is 28.5 Å². The molecule has 0 aliphatic carbocycles. The zero-order chi connectivity index (χ0) is 20.5. The van der Waals surface area contributed by atoms with Gasteiger partial charge in [-0.25, -0.2) is 0 Å². The normalized spacial score (nSPS) is 16.7. The highest BCUT2D eigenvalue weighted by molar-refractivity contribution is 8.18. The van der Waals surface area contributed by atoms with Crippen molar-refractivity contribution in [2.45, 2.75) is 6.54 Å². The zero-order valence-electron chi connectivity index (χ0n) is 15.6. The van der Waals surface area contributed by atoms with Gasteiger partial charge < -0.3 is 18.9 Å². The first kappa shape index (κ1) is 19.5. The first-order valence-corrected chi connectivity index (χ1v) is 9.75. The monoisotopic (exact) mass is 433 g/mol. The Kier molecular flexibility index (Phi) is 5.29. The van der Waals surface area contributed by atoms with E-state index in [9.17, 15) is 9.59 Å². The molecular weight excluding hydrogens is 418 g/mol. The van der Waals surface area contributed by atoms with E-state index in [1.807, 2.05) is 0 Å². The van der Waals surface area contributed by atoms with Gasteiger partial charge in [-0.15, -0.1) is 0 Å². The van der Waals surface area contributed by atoms with Crippen molar-refractivity contribution >= 4 is 40.6 Å². The summed E-state index contributed by atoms with van der Waals surface area (Å²) in [6, 6.07) is 8.53. The van der Waals surface area contributed by atoms with Crippen LogP contribution >= 0.6 is 23.4 Å². The summed E-state index contributed by atoms with van der Waals surface area (Å²) in [4.78, 5) is 26.8. The lowest BCUT2D eigenvalue weighted by Crippen LogP contribution is -2.27. The van der Waals surface area contributed by atoms with Crippen molar-refractivity contribution in [3.63, 3.8) is 0 Å². The van der Waals surface area contributed by atoms with E-state index in [1.54, 1.807) is 43.5 Å². The second-order valence-corrected chi connectivity index (χ2v) is 7.57. The quantitative estimate of drug-likeness (QED) is 0.650. The minimum Gasteiger partial charge on any atom is -0.497 e. The number of ether oxygens (including phenoxy) is 4. The summed E-state index contributed by atoms with van der Waals surface area (Å²) in [5, 5.41) is 0.0172. The first-order chi connectivity index (χ1) is 14.0. The van der Waals surface area contributed by atoms with Crippen LogP contribution in [0.5, 0.6) is 23.0 Å². The number of thioether (sulfide) groups is 1. The lowest BCUT2D eigenvalue weighted by Gasteiger charge is -2.14. The molecule has 0 aromatic heterocycles. The van der Waals surface area contributed by atoms with E-state index in [0.29, 0.717) is 44.1 Å². The van der Waals surface area contributed by atoms with Crippen LogP contribution in [0, 0.1) is 0 Å². The lowest BCUT2D eigenvalue weighted by molar-refractivity contribution is -0.123. The zero-order valence-corrected chi connectivity index (χ0v) is 17.1. The molecule has 2 amide bonds. The summed E-state index contributed by atoms with van der Waals surface area (Å²) in [7, 11) is 3.08. The van der Waals surface area contributed by atoms with E-state index in [-0.39, 0.29) is 18.6 Å². The van der Waals surface area contributed by atoms with Crippen LogP contribution in [0.3, 0.4) is 0 Å². The van der Waals surface area contributed by atoms with Gasteiger partial charge in [0.2, 0.25) is 6.79 Å². The highest BCUT2D eigenvalue weighted by atomic mass is 35.5. The van der Waals surface area contributed by atoms with E-state index >= 15 is 0 Å². The van der Waals surface area contributed by atoms with Gasteiger partial charge in [0.25, 0.3) is 11.1 Å². The Morgan fingerprint density at radius 2 is 1.90 bits per heavy atom. The average molecular weight is 434 g/mol. The molecule has 0 atom stereocenters. The fraction of sp³-hybridized carbons (Fsp3) is 0.200. The number of benzene rings is 2. The number of hydrogen-bond donors (Lipinski definition) is 0. The van der Waals surface area contributed by atoms with E-state index in [4.69, 9.17) is 30.5 Å². The van der Waals surface area contributed by atoms with Crippen molar-refractivity contribution in [1.29, 1.82) is 0 Å². The number of imide groups is 1. The highest BCUT2D eigenvalue weighted by Gasteiger charge is 2.36. The van der Waals surface area contributed by atoms with Gasteiger partial charge in [-0.3, -0.25) is 14.5 Å². The molecule has 7 nitrogen and oxygen atoms in total. The Labute approximate surface area is 176 Å². The third kappa shape index (κ3) is 3.73. The molecule has 1 saturated heterocycles. The molecule has 2 aromatic carbocycles. The van der Waals surface area contributed by atoms with Crippen LogP contribution in [-0.4, -0.2) is 37.1 Å². The Morgan fingerprint density at radius 1 is 1.14 bits per heavy atom. The summed E-state index contributed by atoms with van der Waals surface area (Å²) in [6.45, 7) is 0.147. The van der Waals surface area contributed by atoms with Gasteiger partial charge in [0.15, 0.2) is 11.5 Å². The number of fused-ring (bicyclic) bond motifs is 1. The van der Waals surface area contributed by atoms with Gasteiger partial charge in [-0.05, 0) is 47.7 Å². The first-order valence-electron chi connectivity index (χ1n) is 8.55. The van der Waals surface area contributed by atoms with Crippen LogP contribution in [-0.2, 0) is 11.3 Å². The van der Waals surface area contributed by atoms with E-state index in [1.165, 1.54) is 7.11 Å². The molecule has 0 spiro atoms. The van der Waals surface area contributed by atoms with Gasteiger partial charge in [0, 0.05) is 16.7 Å². The lowest BCUT2D eigenvalue weighted by atomic mass is 10.1. The maximum atomic E-state index is 12.9. The van der Waals surface area contributed by atoms with Crippen LogP contribution in [0.1, 0.15) is 11.1 Å². The summed E-state index contributed by atoms with van der Waals surface area (Å²) in [6.07, 6.45) is 1.62. The molecular formula is C20H16ClNO6S. The minimum atomic E-state index is -0.404. The summed E-state index contributed by atoms with van der Waals surface area (Å²) in [5.74, 6) is 1.85. The minimum absolute atomic E-state index is 0.0345. The molecule has 4 rings (SSSR count). The van der Waals surface area contributed by atoms with Gasteiger partial charge in [0.05, 0.1) is 25.7 Å². The molecule has 0 saturated carbocycles. The standard InChI is InChI=1S/C20H16ClNO6S/c1-25-13-3-4-15(26-2)11(5-13)7-18-19(23)22(20(24)29-18)9-12-6-16-17(8-14(12)21)28-10-27-16/h3-8H,9-10H2,1-2H3/b18-7-. The second kappa shape index (κ2) is 7.88. The SMILES string of the molecule is COc1ccc(OC)c(/C=C2\SC(=O)N(Cc3cc4c(cc3Cl)OCO4)C2=O)c1. The predicted molar refractivity (Wildman–Crippen MR) is 109 cm³/mol. The van der Waals surface area contributed by atoms with Gasteiger partial charge in [-0.1, -0.05) is 11.6 Å². The van der Waals surface area contributed by atoms with Crippen LogP contribution in [0.15, 0.2) is 35.2 Å². The number of methoxy groups -OCH3 is 2. The number of nitrogens with zero attached hydrogens (tertiary/aromatic N) is 1. The second-order valence-electron chi connectivity index (χ2n) is 6.17. The van der Waals surface area contributed by atoms with Crippen molar-refractivity contribution in [3.8, 4) is 23.0 Å². The number of amides is 2. The fourth-order valence-electron chi connectivity index (χ4n) is 2.98. The summed E-state index contributed by atoms with van der Waals surface area (Å²) >= 11 is 7.15. The average Bonchev–Trinajstić information content (AvgIpc) is 3.27. The molecule has 29 heavy (non-hydrogen) atoms. The Hall–Kier alpha value is -2.84. The smallest absolute Gasteiger partial charge is 0.293 e. The third-order valence-electron chi connectivity index (χ3n) is 4.47. The topological polar surface area (TPSA) is 74.3 Å². The molecule has 1 fully saturated rings. The maximum Gasteiger partial charge on any atom is 0.293 e. The summed E-state index contributed by atoms with van der Waals surface area (Å²) < 4.78 is 21.2. The van der Waals surface area contributed by atoms with Gasteiger partial charge in [-0.2, -0.15) is 0 Å². The molecule has 2 aliphatic rings. The Bertz CT molecular complexity index is 1040. The molecule has 2 heterocycles. The molecule has 0 bridgehead atoms.